The minimum absolute atomic E-state index is 0.251. The van der Waals surface area contributed by atoms with Gasteiger partial charge in [0, 0.05) is 11.7 Å². The van der Waals surface area contributed by atoms with Gasteiger partial charge >= 0.3 is 0 Å². The molecule has 86 valence electrons. The fourth-order valence-electron chi connectivity index (χ4n) is 1.83. The first-order chi connectivity index (χ1) is 6.84. The number of nitrogens with one attached hydrogen (secondary N) is 1. The third-order valence-electron chi connectivity index (χ3n) is 2.85. The van der Waals surface area contributed by atoms with Crippen molar-refractivity contribution in [3.8, 4) is 0 Å². The zero-order chi connectivity index (χ0) is 11.6. The number of rotatable bonds is 3. The van der Waals surface area contributed by atoms with Crippen LogP contribution >= 0.6 is 0 Å². The van der Waals surface area contributed by atoms with E-state index in [0.29, 0.717) is 6.04 Å². The van der Waals surface area contributed by atoms with Crippen molar-refractivity contribution in [3.05, 3.63) is 17.5 Å². The molecule has 1 unspecified atom stereocenters. The van der Waals surface area contributed by atoms with Gasteiger partial charge in [-0.2, -0.15) is 5.10 Å². The van der Waals surface area contributed by atoms with Crippen LogP contribution in [0.15, 0.2) is 6.07 Å². The third-order valence-corrected chi connectivity index (χ3v) is 2.85. The van der Waals surface area contributed by atoms with Crippen molar-refractivity contribution in [2.45, 2.75) is 47.2 Å². The first-order valence-electron chi connectivity index (χ1n) is 5.53. The average molecular weight is 209 g/mol. The molecule has 1 heterocycles. The molecule has 0 radical (unpaired) electrons. The monoisotopic (exact) mass is 209 g/mol. The van der Waals surface area contributed by atoms with Crippen molar-refractivity contribution < 1.29 is 0 Å². The van der Waals surface area contributed by atoms with Gasteiger partial charge in [-0.1, -0.05) is 20.8 Å². The molecule has 1 aromatic heterocycles. The molecule has 0 saturated heterocycles. The first-order valence-corrected chi connectivity index (χ1v) is 5.53. The number of hydrogen-bond acceptors (Lipinski definition) is 2. The highest BCUT2D eigenvalue weighted by molar-refractivity contribution is 5.07. The summed E-state index contributed by atoms with van der Waals surface area (Å²) < 4.78 is 2.09. The summed E-state index contributed by atoms with van der Waals surface area (Å²) >= 11 is 0. The van der Waals surface area contributed by atoms with Crippen molar-refractivity contribution in [2.24, 2.45) is 5.41 Å². The molecule has 0 aliphatic heterocycles. The molecule has 0 aliphatic rings. The van der Waals surface area contributed by atoms with Crippen LogP contribution in [0.3, 0.4) is 0 Å². The minimum atomic E-state index is 0.251. The van der Waals surface area contributed by atoms with Crippen LogP contribution in [0.25, 0.3) is 0 Å². The lowest BCUT2D eigenvalue weighted by atomic mass is 9.87. The normalized spacial score (nSPS) is 14.3. The molecule has 1 N–H and O–H groups in total. The van der Waals surface area contributed by atoms with Crippen molar-refractivity contribution in [3.63, 3.8) is 0 Å². The van der Waals surface area contributed by atoms with E-state index in [0.717, 1.165) is 12.2 Å². The maximum Gasteiger partial charge on any atom is 0.0596 e. The van der Waals surface area contributed by atoms with Gasteiger partial charge in [0.05, 0.1) is 12.2 Å². The molecule has 0 amide bonds. The number of aryl methyl sites for hydroxylation is 2. The van der Waals surface area contributed by atoms with Gasteiger partial charge in [-0.25, -0.2) is 0 Å². The Labute approximate surface area is 92.9 Å². The Morgan fingerprint density at radius 3 is 2.33 bits per heavy atom. The topological polar surface area (TPSA) is 29.9 Å². The van der Waals surface area contributed by atoms with E-state index in [1.807, 2.05) is 14.0 Å². The molecule has 1 aromatic rings. The van der Waals surface area contributed by atoms with Gasteiger partial charge in [0.1, 0.15) is 0 Å². The van der Waals surface area contributed by atoms with Crippen LogP contribution in [0, 0.1) is 19.3 Å². The SMILES string of the molecule is CNC(Cn1nc(C)cc1C)C(C)(C)C. The van der Waals surface area contributed by atoms with Crippen LogP contribution in [0.4, 0.5) is 0 Å². The smallest absolute Gasteiger partial charge is 0.0596 e. The Balaban J connectivity index is 2.80. The Bertz CT molecular complexity index is 320. The Kier molecular flexibility index (Phi) is 3.55. The van der Waals surface area contributed by atoms with Crippen molar-refractivity contribution in [1.29, 1.82) is 0 Å². The van der Waals surface area contributed by atoms with E-state index in [1.54, 1.807) is 0 Å². The van der Waals surface area contributed by atoms with E-state index in [2.05, 4.69) is 48.9 Å². The van der Waals surface area contributed by atoms with Crippen molar-refractivity contribution in [1.82, 2.24) is 15.1 Å². The molecule has 3 heteroatoms. The highest BCUT2D eigenvalue weighted by atomic mass is 15.3. The molecular formula is C12H23N3. The highest BCUT2D eigenvalue weighted by Gasteiger charge is 2.23. The number of hydrogen-bond donors (Lipinski definition) is 1. The van der Waals surface area contributed by atoms with Gasteiger partial charge in [0.2, 0.25) is 0 Å². The summed E-state index contributed by atoms with van der Waals surface area (Å²) in [5, 5.41) is 7.85. The summed E-state index contributed by atoms with van der Waals surface area (Å²) in [7, 11) is 2.02. The maximum atomic E-state index is 4.49. The molecule has 0 saturated carbocycles. The second kappa shape index (κ2) is 4.35. The maximum absolute atomic E-state index is 4.49. The fraction of sp³-hybridized carbons (Fsp3) is 0.750. The molecule has 15 heavy (non-hydrogen) atoms. The molecule has 1 rings (SSSR count). The largest absolute Gasteiger partial charge is 0.315 e. The quantitative estimate of drug-likeness (QED) is 0.826. The molecule has 0 spiro atoms. The lowest BCUT2D eigenvalue weighted by molar-refractivity contribution is 0.246. The van der Waals surface area contributed by atoms with E-state index >= 15 is 0 Å². The van der Waals surface area contributed by atoms with E-state index in [4.69, 9.17) is 0 Å². The van der Waals surface area contributed by atoms with E-state index in [1.165, 1.54) is 5.69 Å². The summed E-state index contributed by atoms with van der Waals surface area (Å²) in [5.74, 6) is 0. The molecule has 1 atom stereocenters. The molecule has 0 fully saturated rings. The summed E-state index contributed by atoms with van der Waals surface area (Å²) in [6.07, 6.45) is 0. The molecule has 0 aliphatic carbocycles. The van der Waals surface area contributed by atoms with Crippen LogP contribution in [0.2, 0.25) is 0 Å². The van der Waals surface area contributed by atoms with E-state index in [-0.39, 0.29) is 5.41 Å². The number of nitrogens with zero attached hydrogens (tertiary/aromatic N) is 2. The number of likely N-dealkylation sites (N-methyl/N-ethyl adjacent to an activating group) is 1. The fourth-order valence-corrected chi connectivity index (χ4v) is 1.83. The molecule has 0 aromatic carbocycles. The Morgan fingerprint density at radius 1 is 1.40 bits per heavy atom. The number of aromatic nitrogens is 2. The van der Waals surface area contributed by atoms with E-state index in [9.17, 15) is 0 Å². The summed E-state index contributed by atoms with van der Waals surface area (Å²) in [6, 6.07) is 2.56. The molecular weight excluding hydrogens is 186 g/mol. The minimum Gasteiger partial charge on any atom is -0.315 e. The second-order valence-corrected chi connectivity index (χ2v) is 5.32. The van der Waals surface area contributed by atoms with Gasteiger partial charge in [-0.05, 0) is 32.4 Å². The Morgan fingerprint density at radius 2 is 2.00 bits per heavy atom. The van der Waals surface area contributed by atoms with Gasteiger partial charge in [-0.3, -0.25) is 4.68 Å². The van der Waals surface area contributed by atoms with Crippen LogP contribution in [-0.4, -0.2) is 22.9 Å². The van der Waals surface area contributed by atoms with Gasteiger partial charge in [-0.15, -0.1) is 0 Å². The standard InChI is InChI=1S/C12H23N3/c1-9-7-10(2)15(14-9)8-11(13-6)12(3,4)5/h7,11,13H,8H2,1-6H3. The summed E-state index contributed by atoms with van der Waals surface area (Å²) in [6.45, 7) is 11.8. The van der Waals surface area contributed by atoms with Gasteiger partial charge in [0.15, 0.2) is 0 Å². The zero-order valence-corrected chi connectivity index (χ0v) is 10.8. The third kappa shape index (κ3) is 3.06. The summed E-state index contributed by atoms with van der Waals surface area (Å²) in [5.41, 5.74) is 2.58. The van der Waals surface area contributed by atoms with Crippen molar-refractivity contribution in [2.75, 3.05) is 7.05 Å². The highest BCUT2D eigenvalue weighted by Crippen LogP contribution is 2.20. The molecule has 3 nitrogen and oxygen atoms in total. The average Bonchev–Trinajstić information content (AvgIpc) is 2.38. The van der Waals surface area contributed by atoms with Crippen LogP contribution < -0.4 is 5.32 Å². The van der Waals surface area contributed by atoms with Gasteiger partial charge < -0.3 is 5.32 Å². The van der Waals surface area contributed by atoms with E-state index < -0.39 is 0 Å². The predicted octanol–water partition coefficient (Wildman–Crippen LogP) is 2.13. The van der Waals surface area contributed by atoms with Crippen LogP contribution in [0.1, 0.15) is 32.2 Å². The first kappa shape index (κ1) is 12.2. The Hall–Kier alpha value is -0.830. The predicted molar refractivity (Wildman–Crippen MR) is 64.0 cm³/mol. The van der Waals surface area contributed by atoms with Crippen molar-refractivity contribution >= 4 is 0 Å². The lowest BCUT2D eigenvalue weighted by Gasteiger charge is -2.30. The van der Waals surface area contributed by atoms with Crippen LogP contribution in [0.5, 0.6) is 0 Å². The summed E-state index contributed by atoms with van der Waals surface area (Å²) in [4.78, 5) is 0. The van der Waals surface area contributed by atoms with Crippen LogP contribution in [-0.2, 0) is 6.54 Å². The van der Waals surface area contributed by atoms with Gasteiger partial charge in [0.25, 0.3) is 0 Å². The lowest BCUT2D eigenvalue weighted by Crippen LogP contribution is -2.41. The molecule has 0 bridgehead atoms. The zero-order valence-electron chi connectivity index (χ0n) is 10.8. The second-order valence-electron chi connectivity index (χ2n) is 5.32.